The van der Waals surface area contributed by atoms with Crippen molar-refractivity contribution >= 4 is 17.5 Å². The highest BCUT2D eigenvalue weighted by Crippen LogP contribution is 2.17. The zero-order valence-corrected chi connectivity index (χ0v) is 15.1. The molecule has 0 radical (unpaired) electrons. The van der Waals surface area contributed by atoms with Crippen LogP contribution in [0.4, 0.5) is 5.69 Å². The van der Waals surface area contributed by atoms with Gasteiger partial charge in [0.15, 0.2) is 0 Å². The van der Waals surface area contributed by atoms with Crippen molar-refractivity contribution in [1.29, 1.82) is 0 Å². The molecular weight excluding hydrogens is 346 g/mol. The fourth-order valence-electron chi connectivity index (χ4n) is 3.53. The highest BCUT2D eigenvalue weighted by atomic mass is 16.5. The maximum atomic E-state index is 12.4. The summed E-state index contributed by atoms with van der Waals surface area (Å²) in [5.41, 5.74) is 1.10. The molecule has 2 amide bonds. The fourth-order valence-corrected chi connectivity index (χ4v) is 3.53. The first kappa shape index (κ1) is 17.7. The normalized spacial score (nSPS) is 18.3. The van der Waals surface area contributed by atoms with Crippen LogP contribution in [-0.2, 0) is 28.9 Å². The molecule has 4 rings (SSSR count). The number of aromatic nitrogens is 3. The summed E-state index contributed by atoms with van der Waals surface area (Å²) >= 11 is 0. The molecular formula is C19H23N5O3. The van der Waals surface area contributed by atoms with Crippen LogP contribution in [0.3, 0.4) is 0 Å². The van der Waals surface area contributed by atoms with Gasteiger partial charge in [0, 0.05) is 43.8 Å². The van der Waals surface area contributed by atoms with E-state index in [1.807, 2.05) is 0 Å². The Morgan fingerprint density at radius 2 is 2.19 bits per heavy atom. The van der Waals surface area contributed by atoms with E-state index in [0.717, 1.165) is 43.9 Å². The van der Waals surface area contributed by atoms with Crippen molar-refractivity contribution in [3.05, 3.63) is 41.5 Å². The standard InChI is InChI=1S/C19H23N5O3/c25-18(20-9-8-17-23-22-16-7-2-10-24(16)17)13-4-1-5-14(12-13)21-19(26)15-6-3-11-27-15/h1,4-5,12,15H,2-3,6-11H2,(H,20,25)(H,21,26)/t15-/m1/s1. The number of carbonyl (C=O) groups excluding carboxylic acids is 2. The van der Waals surface area contributed by atoms with Crippen LogP contribution in [-0.4, -0.2) is 45.8 Å². The van der Waals surface area contributed by atoms with E-state index < -0.39 is 6.10 Å². The Labute approximate surface area is 157 Å². The molecule has 1 aromatic carbocycles. The summed E-state index contributed by atoms with van der Waals surface area (Å²) in [5, 5.41) is 14.1. The lowest BCUT2D eigenvalue weighted by atomic mass is 10.1. The summed E-state index contributed by atoms with van der Waals surface area (Å²) < 4.78 is 7.51. The van der Waals surface area contributed by atoms with Crippen molar-refractivity contribution in [1.82, 2.24) is 20.1 Å². The van der Waals surface area contributed by atoms with Crippen molar-refractivity contribution < 1.29 is 14.3 Å². The molecule has 2 aliphatic rings. The van der Waals surface area contributed by atoms with Crippen LogP contribution in [0.2, 0.25) is 0 Å². The molecule has 1 saturated heterocycles. The molecule has 2 aromatic rings. The molecule has 0 bridgehead atoms. The lowest BCUT2D eigenvalue weighted by molar-refractivity contribution is -0.124. The van der Waals surface area contributed by atoms with Gasteiger partial charge in [0.25, 0.3) is 11.8 Å². The average molecular weight is 369 g/mol. The van der Waals surface area contributed by atoms with Crippen LogP contribution < -0.4 is 10.6 Å². The van der Waals surface area contributed by atoms with E-state index in [9.17, 15) is 9.59 Å². The van der Waals surface area contributed by atoms with Gasteiger partial charge in [-0.3, -0.25) is 9.59 Å². The van der Waals surface area contributed by atoms with Gasteiger partial charge in [-0.05, 0) is 37.5 Å². The van der Waals surface area contributed by atoms with Gasteiger partial charge in [-0.25, -0.2) is 0 Å². The van der Waals surface area contributed by atoms with Crippen molar-refractivity contribution in [3.63, 3.8) is 0 Å². The lowest BCUT2D eigenvalue weighted by Gasteiger charge is -2.11. The Morgan fingerprint density at radius 3 is 3.04 bits per heavy atom. The van der Waals surface area contributed by atoms with Crippen LogP contribution in [0.25, 0.3) is 0 Å². The van der Waals surface area contributed by atoms with E-state index in [2.05, 4.69) is 25.4 Å². The largest absolute Gasteiger partial charge is 0.368 e. The molecule has 0 saturated carbocycles. The first-order chi connectivity index (χ1) is 13.2. The van der Waals surface area contributed by atoms with E-state index in [-0.39, 0.29) is 11.8 Å². The molecule has 27 heavy (non-hydrogen) atoms. The number of rotatable bonds is 6. The number of fused-ring (bicyclic) bond motifs is 1. The number of carbonyl (C=O) groups is 2. The van der Waals surface area contributed by atoms with Gasteiger partial charge < -0.3 is 19.9 Å². The minimum absolute atomic E-state index is 0.161. The van der Waals surface area contributed by atoms with Gasteiger partial charge in [-0.1, -0.05) is 6.07 Å². The third-order valence-electron chi connectivity index (χ3n) is 4.93. The summed E-state index contributed by atoms with van der Waals surface area (Å²) in [6.45, 7) is 2.07. The molecule has 1 aromatic heterocycles. The molecule has 2 aliphatic heterocycles. The molecule has 8 heteroatoms. The van der Waals surface area contributed by atoms with Crippen molar-refractivity contribution in [2.45, 2.75) is 44.8 Å². The van der Waals surface area contributed by atoms with Gasteiger partial charge in [0.1, 0.15) is 17.8 Å². The second-order valence-corrected chi connectivity index (χ2v) is 6.87. The van der Waals surface area contributed by atoms with Gasteiger partial charge in [-0.15, -0.1) is 10.2 Å². The Morgan fingerprint density at radius 1 is 1.26 bits per heavy atom. The minimum atomic E-state index is -0.396. The summed E-state index contributed by atoms with van der Waals surface area (Å²) in [5.74, 6) is 1.61. The minimum Gasteiger partial charge on any atom is -0.368 e. The highest BCUT2D eigenvalue weighted by molar-refractivity contribution is 5.98. The lowest BCUT2D eigenvalue weighted by Crippen LogP contribution is -2.28. The average Bonchev–Trinajstić information content (AvgIpc) is 3.41. The molecule has 2 N–H and O–H groups in total. The Hall–Kier alpha value is -2.74. The Bertz CT molecular complexity index is 842. The number of amides is 2. The van der Waals surface area contributed by atoms with Gasteiger partial charge in [-0.2, -0.15) is 0 Å². The van der Waals surface area contributed by atoms with Crippen molar-refractivity contribution in [3.8, 4) is 0 Å². The summed E-state index contributed by atoms with van der Waals surface area (Å²) in [6.07, 6.45) is 3.97. The third kappa shape index (κ3) is 4.00. The number of benzene rings is 1. The van der Waals surface area contributed by atoms with Gasteiger partial charge in [0.2, 0.25) is 0 Å². The molecule has 0 aliphatic carbocycles. The topological polar surface area (TPSA) is 98.1 Å². The number of hydrogen-bond acceptors (Lipinski definition) is 5. The number of ether oxygens (including phenoxy) is 1. The van der Waals surface area contributed by atoms with Gasteiger partial charge in [0.05, 0.1) is 0 Å². The van der Waals surface area contributed by atoms with Gasteiger partial charge >= 0.3 is 0 Å². The first-order valence-corrected chi connectivity index (χ1v) is 9.42. The molecule has 1 atom stereocenters. The molecule has 8 nitrogen and oxygen atoms in total. The zero-order valence-electron chi connectivity index (χ0n) is 15.1. The third-order valence-corrected chi connectivity index (χ3v) is 4.93. The van der Waals surface area contributed by atoms with Crippen LogP contribution in [0.5, 0.6) is 0 Å². The van der Waals surface area contributed by atoms with E-state index in [0.29, 0.717) is 30.8 Å². The van der Waals surface area contributed by atoms with E-state index in [1.165, 1.54) is 0 Å². The molecule has 1 fully saturated rings. The Balaban J connectivity index is 1.31. The molecule has 142 valence electrons. The van der Waals surface area contributed by atoms with Crippen LogP contribution in [0.15, 0.2) is 24.3 Å². The number of anilines is 1. The predicted octanol–water partition coefficient (Wildman–Crippen LogP) is 1.31. The number of aryl methyl sites for hydroxylation is 1. The van der Waals surface area contributed by atoms with E-state index in [4.69, 9.17) is 4.74 Å². The summed E-state index contributed by atoms with van der Waals surface area (Å²) in [7, 11) is 0. The molecule has 0 unspecified atom stereocenters. The molecule has 0 spiro atoms. The van der Waals surface area contributed by atoms with E-state index in [1.54, 1.807) is 24.3 Å². The van der Waals surface area contributed by atoms with Crippen molar-refractivity contribution in [2.75, 3.05) is 18.5 Å². The summed E-state index contributed by atoms with van der Waals surface area (Å²) in [4.78, 5) is 24.6. The Kier molecular flexibility index (Phi) is 5.15. The monoisotopic (exact) mass is 369 g/mol. The SMILES string of the molecule is O=C(NCCc1nnc2n1CCC2)c1cccc(NC(=O)[C@H]2CCCO2)c1. The number of hydrogen-bond donors (Lipinski definition) is 2. The maximum Gasteiger partial charge on any atom is 0.253 e. The summed E-state index contributed by atoms with van der Waals surface area (Å²) in [6, 6.07) is 6.93. The van der Waals surface area contributed by atoms with Crippen LogP contribution >= 0.6 is 0 Å². The quantitative estimate of drug-likeness (QED) is 0.800. The zero-order chi connectivity index (χ0) is 18.6. The first-order valence-electron chi connectivity index (χ1n) is 9.42. The van der Waals surface area contributed by atoms with Crippen LogP contribution in [0.1, 0.15) is 41.3 Å². The smallest absolute Gasteiger partial charge is 0.253 e. The number of nitrogens with zero attached hydrogens (tertiary/aromatic N) is 3. The van der Waals surface area contributed by atoms with Crippen molar-refractivity contribution in [2.24, 2.45) is 0 Å². The van der Waals surface area contributed by atoms with E-state index >= 15 is 0 Å². The van der Waals surface area contributed by atoms with Crippen LogP contribution in [0, 0.1) is 0 Å². The highest BCUT2D eigenvalue weighted by Gasteiger charge is 2.23. The second kappa shape index (κ2) is 7.87. The number of nitrogens with one attached hydrogen (secondary N) is 2. The second-order valence-electron chi connectivity index (χ2n) is 6.87. The predicted molar refractivity (Wildman–Crippen MR) is 98.4 cm³/mol. The maximum absolute atomic E-state index is 12.4. The fraction of sp³-hybridized carbons (Fsp3) is 0.474. The molecule has 3 heterocycles.